The van der Waals surface area contributed by atoms with Gasteiger partial charge in [0.05, 0.1) is 7.11 Å². The Morgan fingerprint density at radius 3 is 2.70 bits per heavy atom. The molecule has 5 heteroatoms. The van der Waals surface area contributed by atoms with Gasteiger partial charge < -0.3 is 14.5 Å². The lowest BCUT2D eigenvalue weighted by molar-refractivity contribution is -0.117. The molecule has 0 radical (unpaired) electrons. The number of benzene rings is 2. The summed E-state index contributed by atoms with van der Waals surface area (Å²) in [6.07, 6.45) is 1.36. The first-order valence-electron chi connectivity index (χ1n) is 9.30. The average molecular weight is 364 g/mol. The van der Waals surface area contributed by atoms with E-state index < -0.39 is 0 Å². The molecule has 2 heterocycles. The number of hydrogen-bond acceptors (Lipinski definition) is 3. The lowest BCUT2D eigenvalue weighted by Gasteiger charge is -2.24. The van der Waals surface area contributed by atoms with Crippen LogP contribution in [-0.2, 0) is 4.79 Å². The molecular weight excluding hydrogens is 340 g/mol. The van der Waals surface area contributed by atoms with Crippen LogP contribution in [0, 0.1) is 12.3 Å². The lowest BCUT2D eigenvalue weighted by atomic mass is 9.86. The molecular formula is C22H24N2O3. The van der Waals surface area contributed by atoms with E-state index in [1.165, 1.54) is 0 Å². The van der Waals surface area contributed by atoms with Crippen LogP contribution in [0.2, 0.25) is 0 Å². The summed E-state index contributed by atoms with van der Waals surface area (Å²) in [5, 5.41) is 0. The smallest absolute Gasteiger partial charge is 0.254 e. The Labute approximate surface area is 159 Å². The topological polar surface area (TPSA) is 49.9 Å². The van der Waals surface area contributed by atoms with E-state index in [1.807, 2.05) is 59.2 Å². The van der Waals surface area contributed by atoms with Crippen molar-refractivity contribution in [3.8, 4) is 5.75 Å². The maximum atomic E-state index is 12.9. The number of likely N-dealkylation sites (tertiary alicyclic amines) is 1. The van der Waals surface area contributed by atoms with Crippen molar-refractivity contribution < 1.29 is 14.3 Å². The number of rotatable bonds is 3. The van der Waals surface area contributed by atoms with E-state index in [2.05, 4.69) is 0 Å². The first kappa shape index (κ1) is 17.6. The molecule has 140 valence electrons. The molecule has 2 aromatic rings. The van der Waals surface area contributed by atoms with E-state index in [-0.39, 0.29) is 17.2 Å². The summed E-state index contributed by atoms with van der Waals surface area (Å²) in [6, 6.07) is 15.3. The fourth-order valence-electron chi connectivity index (χ4n) is 4.25. The normalized spacial score (nSPS) is 21.9. The number of aryl methyl sites for hydroxylation is 1. The monoisotopic (exact) mass is 364 g/mol. The van der Waals surface area contributed by atoms with Crippen LogP contribution in [-0.4, -0.2) is 43.5 Å². The number of amides is 2. The second-order valence-corrected chi connectivity index (χ2v) is 7.70. The third kappa shape index (κ3) is 3.29. The summed E-state index contributed by atoms with van der Waals surface area (Å²) in [5.41, 5.74) is 2.58. The average Bonchev–Trinajstić information content (AvgIpc) is 3.24. The first-order valence-corrected chi connectivity index (χ1v) is 9.30. The largest absolute Gasteiger partial charge is 0.497 e. The number of hydrogen-bond donors (Lipinski definition) is 0. The molecule has 2 aliphatic heterocycles. The standard InChI is InChI=1S/C22H24N2O3/c1-16-5-3-7-18(11-16)24-15-22(13-20(24)25)9-10-23(14-22)21(26)17-6-4-8-19(12-17)27-2/h3-8,11-12H,9-10,13-15H2,1-2H3. The molecule has 1 atom stereocenters. The third-order valence-electron chi connectivity index (χ3n) is 5.68. The van der Waals surface area contributed by atoms with Crippen LogP contribution in [0.3, 0.4) is 0 Å². The molecule has 2 amide bonds. The Bertz CT molecular complexity index is 895. The van der Waals surface area contributed by atoms with Gasteiger partial charge in [0.2, 0.25) is 5.91 Å². The zero-order valence-electron chi connectivity index (χ0n) is 15.8. The van der Waals surface area contributed by atoms with Crippen LogP contribution < -0.4 is 9.64 Å². The molecule has 2 saturated heterocycles. The quantitative estimate of drug-likeness (QED) is 0.840. The van der Waals surface area contributed by atoms with Gasteiger partial charge in [-0.25, -0.2) is 0 Å². The molecule has 27 heavy (non-hydrogen) atoms. The summed E-state index contributed by atoms with van der Waals surface area (Å²) >= 11 is 0. The number of nitrogens with zero attached hydrogens (tertiary/aromatic N) is 2. The number of methoxy groups -OCH3 is 1. The SMILES string of the molecule is COc1cccc(C(=O)N2CCC3(CC(=O)N(c4cccc(C)c4)C3)C2)c1. The third-order valence-corrected chi connectivity index (χ3v) is 5.68. The highest BCUT2D eigenvalue weighted by Gasteiger charge is 2.48. The molecule has 1 spiro atoms. The highest BCUT2D eigenvalue weighted by molar-refractivity contribution is 5.97. The molecule has 2 fully saturated rings. The van der Waals surface area contributed by atoms with Gasteiger partial charge in [-0.2, -0.15) is 0 Å². The van der Waals surface area contributed by atoms with Crippen molar-refractivity contribution in [3.63, 3.8) is 0 Å². The molecule has 0 aliphatic carbocycles. The van der Waals surface area contributed by atoms with Gasteiger partial charge in [-0.15, -0.1) is 0 Å². The van der Waals surface area contributed by atoms with Gasteiger partial charge in [0, 0.05) is 42.7 Å². The summed E-state index contributed by atoms with van der Waals surface area (Å²) in [6.45, 7) is 4.02. The molecule has 0 N–H and O–H groups in total. The molecule has 0 saturated carbocycles. The van der Waals surface area contributed by atoms with Crippen molar-refractivity contribution >= 4 is 17.5 Å². The van der Waals surface area contributed by atoms with Gasteiger partial charge in [0.25, 0.3) is 5.91 Å². The van der Waals surface area contributed by atoms with Crippen molar-refractivity contribution in [1.82, 2.24) is 4.90 Å². The maximum absolute atomic E-state index is 12.9. The summed E-state index contributed by atoms with van der Waals surface area (Å²) in [5.74, 6) is 0.833. The predicted octanol–water partition coefficient (Wildman–Crippen LogP) is 3.27. The Hall–Kier alpha value is -2.82. The van der Waals surface area contributed by atoms with Crippen LogP contribution in [0.1, 0.15) is 28.8 Å². The highest BCUT2D eigenvalue weighted by Crippen LogP contribution is 2.42. The van der Waals surface area contributed by atoms with E-state index in [4.69, 9.17) is 4.74 Å². The number of anilines is 1. The minimum atomic E-state index is -0.143. The zero-order chi connectivity index (χ0) is 19.0. The molecule has 0 bridgehead atoms. The fraction of sp³-hybridized carbons (Fsp3) is 0.364. The Morgan fingerprint density at radius 1 is 1.11 bits per heavy atom. The van der Waals surface area contributed by atoms with Crippen LogP contribution in [0.15, 0.2) is 48.5 Å². The minimum Gasteiger partial charge on any atom is -0.497 e. The number of ether oxygens (including phenoxy) is 1. The van der Waals surface area contributed by atoms with Crippen LogP contribution >= 0.6 is 0 Å². The summed E-state index contributed by atoms with van der Waals surface area (Å²) in [7, 11) is 1.60. The van der Waals surface area contributed by atoms with E-state index in [1.54, 1.807) is 13.2 Å². The van der Waals surface area contributed by atoms with Crippen molar-refractivity contribution in [3.05, 3.63) is 59.7 Å². The van der Waals surface area contributed by atoms with E-state index >= 15 is 0 Å². The van der Waals surface area contributed by atoms with Crippen LogP contribution in [0.25, 0.3) is 0 Å². The van der Waals surface area contributed by atoms with Crippen LogP contribution in [0.4, 0.5) is 5.69 Å². The molecule has 1 unspecified atom stereocenters. The van der Waals surface area contributed by atoms with Crippen molar-refractivity contribution in [2.24, 2.45) is 5.41 Å². The molecule has 2 aromatic carbocycles. The van der Waals surface area contributed by atoms with E-state index in [9.17, 15) is 9.59 Å². The summed E-state index contributed by atoms with van der Waals surface area (Å²) in [4.78, 5) is 29.3. The lowest BCUT2D eigenvalue weighted by Crippen LogP contribution is -2.34. The van der Waals surface area contributed by atoms with Gasteiger partial charge >= 0.3 is 0 Å². The minimum absolute atomic E-state index is 0.00669. The molecule has 5 nitrogen and oxygen atoms in total. The Balaban J connectivity index is 1.50. The predicted molar refractivity (Wildman–Crippen MR) is 104 cm³/mol. The zero-order valence-corrected chi connectivity index (χ0v) is 15.8. The Morgan fingerprint density at radius 2 is 1.93 bits per heavy atom. The van der Waals surface area contributed by atoms with Gasteiger partial charge in [0.1, 0.15) is 5.75 Å². The number of carbonyl (C=O) groups excluding carboxylic acids is 2. The highest BCUT2D eigenvalue weighted by atomic mass is 16.5. The molecule has 4 rings (SSSR count). The second-order valence-electron chi connectivity index (χ2n) is 7.70. The van der Waals surface area contributed by atoms with Crippen molar-refractivity contribution in [1.29, 1.82) is 0 Å². The van der Waals surface area contributed by atoms with E-state index in [0.29, 0.717) is 37.4 Å². The van der Waals surface area contributed by atoms with Gasteiger partial charge in [-0.3, -0.25) is 9.59 Å². The first-order chi connectivity index (χ1) is 13.0. The van der Waals surface area contributed by atoms with Gasteiger partial charge in [-0.1, -0.05) is 18.2 Å². The van der Waals surface area contributed by atoms with E-state index in [0.717, 1.165) is 17.7 Å². The fourth-order valence-corrected chi connectivity index (χ4v) is 4.25. The number of carbonyl (C=O) groups is 2. The van der Waals surface area contributed by atoms with Crippen LogP contribution in [0.5, 0.6) is 5.75 Å². The van der Waals surface area contributed by atoms with Crippen molar-refractivity contribution in [2.45, 2.75) is 19.8 Å². The Kier molecular flexibility index (Phi) is 4.38. The molecule has 0 aromatic heterocycles. The van der Waals surface area contributed by atoms with Crippen molar-refractivity contribution in [2.75, 3.05) is 31.6 Å². The van der Waals surface area contributed by atoms with Gasteiger partial charge in [-0.05, 0) is 49.2 Å². The molecule has 2 aliphatic rings. The van der Waals surface area contributed by atoms with Gasteiger partial charge in [0.15, 0.2) is 0 Å². The maximum Gasteiger partial charge on any atom is 0.254 e. The summed E-state index contributed by atoms with van der Waals surface area (Å²) < 4.78 is 5.23. The second kappa shape index (κ2) is 6.72.